The Kier molecular flexibility index (Phi) is 27.0. The van der Waals surface area contributed by atoms with Gasteiger partial charge in [0.25, 0.3) is 0 Å². The van der Waals surface area contributed by atoms with Crippen LogP contribution in [0.25, 0.3) is 0 Å². The van der Waals surface area contributed by atoms with E-state index in [1.165, 1.54) is 67.6 Å². The number of hydrogen-bond donors (Lipinski definition) is 1. The molecule has 1 saturated heterocycles. The molecule has 6 aromatic rings. The van der Waals surface area contributed by atoms with Crippen molar-refractivity contribution >= 4 is 17.3 Å². The summed E-state index contributed by atoms with van der Waals surface area (Å²) in [5, 5.41) is 4.08. The Balaban J connectivity index is 0.000000198. The van der Waals surface area contributed by atoms with Gasteiger partial charge in [-0.05, 0) is 232 Å². The molecule has 14 heteroatoms. The van der Waals surface area contributed by atoms with Crippen LogP contribution in [0.1, 0.15) is 231 Å². The van der Waals surface area contributed by atoms with Gasteiger partial charge in [0.2, 0.25) is 0 Å². The molecule has 4 aliphatic carbocycles. The third kappa shape index (κ3) is 31.4. The molecule has 99 heavy (non-hydrogen) atoms. The van der Waals surface area contributed by atoms with Crippen LogP contribution in [0, 0.1) is 52.8 Å². The Morgan fingerprint density at radius 1 is 0.444 bits per heavy atom. The van der Waals surface area contributed by atoms with E-state index in [2.05, 4.69) is 84.7 Å². The highest BCUT2D eigenvalue weighted by molar-refractivity contribution is 6.30. The minimum Gasteiger partial charge on any atom is -0.493 e. The Morgan fingerprint density at radius 2 is 0.848 bits per heavy atom. The van der Waals surface area contributed by atoms with Crippen LogP contribution in [0.5, 0.6) is 28.7 Å². The lowest BCUT2D eigenvalue weighted by molar-refractivity contribution is 0.0320. The molecule has 0 aromatic heterocycles. The molecule has 5 fully saturated rings. The molecule has 0 atom stereocenters. The number of benzene rings is 6. The molecule has 8 nitrogen and oxygen atoms in total. The first-order valence-corrected chi connectivity index (χ1v) is 36.0. The number of nitrogens with one attached hydrogen (secondary N) is 1. The van der Waals surface area contributed by atoms with Gasteiger partial charge in [-0.3, -0.25) is 4.90 Å². The predicted molar refractivity (Wildman–Crippen MR) is 400 cm³/mol. The highest BCUT2D eigenvalue weighted by Gasteiger charge is 2.27. The summed E-state index contributed by atoms with van der Waals surface area (Å²) in [7, 11) is 0. The summed E-state index contributed by atoms with van der Waals surface area (Å²) in [6, 6.07) is 29.9. The van der Waals surface area contributed by atoms with Crippen LogP contribution < -0.4 is 29.0 Å². The molecule has 4 saturated carbocycles. The summed E-state index contributed by atoms with van der Waals surface area (Å²) in [4.78, 5) is 2.27. The Bertz CT molecular complexity index is 3670. The monoisotopic (exact) mass is 1400 g/mol. The third-order valence-corrected chi connectivity index (χ3v) is 17.2. The smallest absolute Gasteiger partial charge is 0.165 e. The molecule has 1 N–H and O–H groups in total. The first kappa shape index (κ1) is 72.8. The van der Waals surface area contributed by atoms with E-state index >= 15 is 0 Å². The van der Waals surface area contributed by atoms with Crippen LogP contribution in [0.15, 0.2) is 109 Å². The van der Waals surface area contributed by atoms with E-state index in [0.717, 1.165) is 128 Å². The van der Waals surface area contributed by atoms with Gasteiger partial charge in [-0.1, -0.05) is 155 Å². The van der Waals surface area contributed by atoms with E-state index in [4.69, 9.17) is 48.2 Å². The molecule has 1 heterocycles. The number of ether oxygens (including phenoxy) is 6. The molecule has 11 rings (SSSR count). The number of rotatable bonds is 19. The van der Waals surface area contributed by atoms with Gasteiger partial charge in [0.05, 0.1) is 47.7 Å². The molecule has 0 bridgehead atoms. The van der Waals surface area contributed by atoms with E-state index < -0.39 is 31.3 Å². The van der Waals surface area contributed by atoms with Crippen molar-refractivity contribution in [3.63, 3.8) is 0 Å². The van der Waals surface area contributed by atoms with Crippen molar-refractivity contribution in [2.75, 3.05) is 77.6 Å². The fraction of sp³-hybridized carbons (Fsp3) is 0.576. The standard InChI is InChI=1S/C16H24FNO2.C14H19ClO.C14H20FN.2C14H19FO.C13H19FO/c1-16(2,3)13-4-5-14(17)15(12-13)20-11-8-18-6-9-19-10-7-18;3*1-14(2,3)11-6-12(15)8-13(7-11)16-9-10-4-5-10;1-14(2,3)11-6-7-12(15)13(8-11)16-9-10-4-5-10;1-5-6-15-12-8-10(13(2,3)4)7-11(14)9-12/h4-5,12H,6-11H2,1-3H3;6-8,10H,4-5,9H2,1-3H3;6-8,10,16H,4-5,9H2,1-3H3;2*6-8,10H,4-5,9H2,1-3H3;7-9H,5-6H2,1-4H3/i;;;2*9D2;6D2. The van der Waals surface area contributed by atoms with Crippen molar-refractivity contribution in [1.82, 2.24) is 4.90 Å². The number of anilines is 1. The van der Waals surface area contributed by atoms with Crippen LogP contribution in [0.3, 0.4) is 0 Å². The van der Waals surface area contributed by atoms with Gasteiger partial charge in [-0.2, -0.15) is 0 Å². The summed E-state index contributed by atoms with van der Waals surface area (Å²) in [6.45, 7) is 40.1. The first-order chi connectivity index (χ1) is 48.4. The van der Waals surface area contributed by atoms with Crippen molar-refractivity contribution < 1.29 is 58.6 Å². The minimum atomic E-state index is -1.77. The Morgan fingerprint density at radius 3 is 1.29 bits per heavy atom. The SMILES string of the molecule is CC(C)(C)c1cc(Cl)cc(OCC2CC2)c1.CC(C)(C)c1cc(F)cc(NCC2CC2)c1.CC(C)(C)c1ccc(F)c(OCCN2CCOCC2)c1.[2H]C([2H])(CC)Oc1cc(F)cc(C(C)(C)C)c1.[2H]C([2H])(Oc1cc(C(C)(C)C)ccc1F)C1CC1.[2H]C([2H])(Oc1cc(F)cc(C(C)(C)C)c1)C1CC1. The summed E-state index contributed by atoms with van der Waals surface area (Å²) in [5.74, 6) is 1.47. The number of hydrogen-bond acceptors (Lipinski definition) is 8. The van der Waals surface area contributed by atoms with Crippen LogP contribution in [0.4, 0.5) is 27.6 Å². The fourth-order valence-corrected chi connectivity index (χ4v) is 9.72. The molecule has 548 valence electrons. The second-order valence-corrected chi connectivity index (χ2v) is 33.5. The predicted octanol–water partition coefficient (Wildman–Crippen LogP) is 22.9. The molecule has 1 aliphatic heterocycles. The number of halogens is 6. The normalized spacial score (nSPS) is 17.1. The van der Waals surface area contributed by atoms with Gasteiger partial charge in [0, 0.05) is 49.0 Å². The fourth-order valence-electron chi connectivity index (χ4n) is 9.49. The van der Waals surface area contributed by atoms with Crippen molar-refractivity contribution in [2.45, 2.75) is 222 Å². The van der Waals surface area contributed by atoms with Crippen LogP contribution >= 0.6 is 11.6 Å². The largest absolute Gasteiger partial charge is 0.493 e. The zero-order valence-corrected chi connectivity index (χ0v) is 63.6. The molecule has 0 amide bonds. The molecule has 0 radical (unpaired) electrons. The van der Waals surface area contributed by atoms with Crippen LogP contribution in [-0.2, 0) is 37.2 Å². The Hall–Kier alpha value is -6.02. The maximum Gasteiger partial charge on any atom is 0.165 e. The molecular weight excluding hydrogens is 1280 g/mol. The lowest BCUT2D eigenvalue weighted by atomic mass is 9.87. The van der Waals surface area contributed by atoms with E-state index in [-0.39, 0.29) is 85.4 Å². The van der Waals surface area contributed by atoms with Crippen LogP contribution in [0.2, 0.25) is 5.02 Å². The lowest BCUT2D eigenvalue weighted by Gasteiger charge is -2.26. The van der Waals surface area contributed by atoms with Crippen molar-refractivity contribution in [1.29, 1.82) is 0 Å². The zero-order valence-electron chi connectivity index (χ0n) is 68.9. The summed E-state index contributed by atoms with van der Waals surface area (Å²) < 4.78 is 147. The highest BCUT2D eigenvalue weighted by Crippen LogP contribution is 2.37. The second-order valence-electron chi connectivity index (χ2n) is 33.0. The van der Waals surface area contributed by atoms with Gasteiger partial charge in [0.15, 0.2) is 23.1 Å². The van der Waals surface area contributed by atoms with Crippen molar-refractivity contribution in [3.8, 4) is 28.7 Å². The van der Waals surface area contributed by atoms with Crippen molar-refractivity contribution in [2.24, 2.45) is 23.7 Å². The molecule has 6 aromatic carbocycles. The number of nitrogens with zero attached hydrogens (tertiary/aromatic N) is 1. The summed E-state index contributed by atoms with van der Waals surface area (Å²) >= 11 is 6.11. The quantitative estimate of drug-likeness (QED) is 0.0805. The topological polar surface area (TPSA) is 70.7 Å². The van der Waals surface area contributed by atoms with E-state index in [9.17, 15) is 22.0 Å². The second kappa shape index (κ2) is 36.7. The van der Waals surface area contributed by atoms with Crippen LogP contribution in [-0.4, -0.2) is 77.2 Å². The third-order valence-electron chi connectivity index (χ3n) is 17.0. The maximum absolute atomic E-state index is 13.8. The first-order valence-electron chi connectivity index (χ1n) is 38.6. The van der Waals surface area contributed by atoms with Gasteiger partial charge in [-0.15, -0.1) is 0 Å². The van der Waals surface area contributed by atoms with Gasteiger partial charge in [-0.25, -0.2) is 22.0 Å². The van der Waals surface area contributed by atoms with Gasteiger partial charge < -0.3 is 33.7 Å². The average molecular weight is 1400 g/mol. The lowest BCUT2D eigenvalue weighted by Crippen LogP contribution is -2.38. The molecule has 0 spiro atoms. The summed E-state index contributed by atoms with van der Waals surface area (Å²) in [6.07, 6.45) is 8.78. The zero-order chi connectivity index (χ0) is 78.5. The van der Waals surface area contributed by atoms with E-state index in [1.807, 2.05) is 86.6 Å². The Labute approximate surface area is 606 Å². The number of morpholine rings is 1. The highest BCUT2D eigenvalue weighted by atomic mass is 35.5. The minimum absolute atomic E-state index is 0.00187. The van der Waals surface area contributed by atoms with E-state index in [0.29, 0.717) is 12.4 Å². The van der Waals surface area contributed by atoms with Crippen molar-refractivity contribution in [3.05, 3.63) is 177 Å². The van der Waals surface area contributed by atoms with Gasteiger partial charge >= 0.3 is 0 Å². The average Bonchev–Trinajstić information content (AvgIpc) is 1.62. The maximum atomic E-state index is 13.8. The van der Waals surface area contributed by atoms with E-state index in [1.54, 1.807) is 43.3 Å². The molecule has 5 aliphatic rings. The van der Waals surface area contributed by atoms with Gasteiger partial charge in [0.1, 0.15) is 41.3 Å². The molecular formula is C85H120ClF5N2O6. The summed E-state index contributed by atoms with van der Waals surface area (Å²) in [5.41, 5.74) is 6.42. The molecule has 0 unspecified atom stereocenters.